The van der Waals surface area contributed by atoms with Crippen molar-refractivity contribution in [1.29, 1.82) is 0 Å². The Hall–Kier alpha value is -1.67. The second-order valence-corrected chi connectivity index (χ2v) is 9.93. The van der Waals surface area contributed by atoms with Crippen molar-refractivity contribution in [2.24, 2.45) is 4.66 Å². The van der Waals surface area contributed by atoms with E-state index in [4.69, 9.17) is 4.66 Å². The first-order chi connectivity index (χ1) is 8.56. The summed E-state index contributed by atoms with van der Waals surface area (Å²) < 4.78 is 5.00. The van der Waals surface area contributed by atoms with Crippen LogP contribution in [0.15, 0.2) is 65.3 Å². The molecule has 0 radical (unpaired) electrons. The van der Waals surface area contributed by atoms with Crippen LogP contribution >= 0.6 is 0 Å². The minimum Gasteiger partial charge on any atom is -0.321 e. The van der Waals surface area contributed by atoms with E-state index in [-0.39, 0.29) is 0 Å². The summed E-state index contributed by atoms with van der Waals surface area (Å²) in [4.78, 5) is 0. The van der Waals surface area contributed by atoms with Gasteiger partial charge in [0.05, 0.1) is 5.71 Å². The topological polar surface area (TPSA) is 12.4 Å². The zero-order valence-electron chi connectivity index (χ0n) is 11.2. The fourth-order valence-electron chi connectivity index (χ4n) is 1.82. The monoisotopic (exact) mass is 253 g/mol. The van der Waals surface area contributed by atoms with Crippen LogP contribution < -0.4 is 0 Å². The molecule has 92 valence electrons. The van der Waals surface area contributed by atoms with E-state index in [0.717, 1.165) is 5.71 Å². The average molecular weight is 253 g/mol. The molecule has 0 aliphatic rings. The van der Waals surface area contributed by atoms with Gasteiger partial charge in [-0.3, -0.25) is 0 Å². The molecule has 0 aromatic heterocycles. The molecule has 0 heterocycles. The van der Waals surface area contributed by atoms with Gasteiger partial charge in [-0.05, 0) is 30.8 Å². The second kappa shape index (κ2) is 5.32. The molecule has 2 rings (SSSR count). The third-order valence-corrected chi connectivity index (χ3v) is 3.44. The van der Waals surface area contributed by atoms with Crippen LogP contribution in [0.1, 0.15) is 11.1 Å². The zero-order chi connectivity index (χ0) is 13.0. The van der Waals surface area contributed by atoms with E-state index >= 15 is 0 Å². The average Bonchev–Trinajstić information content (AvgIpc) is 2.37. The molecule has 2 heteroatoms. The van der Waals surface area contributed by atoms with Crippen molar-refractivity contribution in [2.45, 2.75) is 19.6 Å². The summed E-state index contributed by atoms with van der Waals surface area (Å²) >= 11 is 0. The van der Waals surface area contributed by atoms with Crippen molar-refractivity contribution in [3.05, 3.63) is 71.8 Å². The smallest absolute Gasteiger partial charge is 0.173 e. The molecule has 1 nitrogen and oxygen atoms in total. The summed E-state index contributed by atoms with van der Waals surface area (Å²) in [6.07, 6.45) is 0. The maximum absolute atomic E-state index is 5.00. The van der Waals surface area contributed by atoms with Crippen LogP contribution in [0.25, 0.3) is 0 Å². The SMILES string of the molecule is C[Si](C)(C)N=C(c1ccccc1)c1ccccc1. The summed E-state index contributed by atoms with van der Waals surface area (Å²) in [5.74, 6) is 0. The Balaban J connectivity index is 2.53. The van der Waals surface area contributed by atoms with Crippen LogP contribution in [-0.4, -0.2) is 13.9 Å². The first-order valence-electron chi connectivity index (χ1n) is 6.27. The van der Waals surface area contributed by atoms with Gasteiger partial charge < -0.3 is 4.66 Å². The van der Waals surface area contributed by atoms with E-state index in [9.17, 15) is 0 Å². The van der Waals surface area contributed by atoms with Crippen LogP contribution in [0.4, 0.5) is 0 Å². The Morgan fingerprint density at radius 1 is 0.722 bits per heavy atom. The van der Waals surface area contributed by atoms with Gasteiger partial charge in [-0.25, -0.2) is 0 Å². The molecule has 0 unspecified atom stereocenters. The Labute approximate surface area is 110 Å². The molecule has 0 spiro atoms. The molecule has 0 aliphatic heterocycles. The van der Waals surface area contributed by atoms with E-state index in [1.165, 1.54) is 11.1 Å². The van der Waals surface area contributed by atoms with Crippen LogP contribution in [0.3, 0.4) is 0 Å². The van der Waals surface area contributed by atoms with Gasteiger partial charge in [0.15, 0.2) is 8.24 Å². The van der Waals surface area contributed by atoms with Crippen molar-refractivity contribution < 1.29 is 0 Å². The third kappa shape index (κ3) is 3.41. The fraction of sp³-hybridized carbons (Fsp3) is 0.188. The molecule has 0 amide bonds. The largest absolute Gasteiger partial charge is 0.321 e. The zero-order valence-corrected chi connectivity index (χ0v) is 12.2. The molecule has 0 atom stereocenters. The van der Waals surface area contributed by atoms with Crippen molar-refractivity contribution in [3.8, 4) is 0 Å². The first kappa shape index (κ1) is 12.8. The van der Waals surface area contributed by atoms with Crippen LogP contribution in [0.2, 0.25) is 19.6 Å². The molecule has 2 aromatic rings. The molecule has 2 aromatic carbocycles. The van der Waals surface area contributed by atoms with E-state index < -0.39 is 8.24 Å². The Bertz CT molecular complexity index is 483. The highest BCUT2D eigenvalue weighted by molar-refractivity contribution is 6.75. The van der Waals surface area contributed by atoms with E-state index in [1.54, 1.807) is 0 Å². The van der Waals surface area contributed by atoms with Crippen LogP contribution in [-0.2, 0) is 0 Å². The molecule has 0 bridgehead atoms. The maximum atomic E-state index is 5.00. The van der Waals surface area contributed by atoms with Gasteiger partial charge in [-0.2, -0.15) is 0 Å². The summed E-state index contributed by atoms with van der Waals surface area (Å²) in [6.45, 7) is 6.79. The summed E-state index contributed by atoms with van der Waals surface area (Å²) in [5.41, 5.74) is 3.52. The number of rotatable bonds is 3. The summed E-state index contributed by atoms with van der Waals surface area (Å²) in [7, 11) is -1.50. The lowest BCUT2D eigenvalue weighted by Crippen LogP contribution is -2.20. The van der Waals surface area contributed by atoms with Crippen molar-refractivity contribution in [1.82, 2.24) is 0 Å². The van der Waals surface area contributed by atoms with E-state index in [0.29, 0.717) is 0 Å². The van der Waals surface area contributed by atoms with Gasteiger partial charge in [0.2, 0.25) is 0 Å². The molecule has 0 saturated carbocycles. The fourth-order valence-corrected chi connectivity index (χ4v) is 2.75. The van der Waals surface area contributed by atoms with Crippen molar-refractivity contribution in [2.75, 3.05) is 0 Å². The Morgan fingerprint density at radius 3 is 1.44 bits per heavy atom. The quantitative estimate of drug-likeness (QED) is 0.569. The lowest BCUT2D eigenvalue weighted by Gasteiger charge is -2.15. The lowest BCUT2D eigenvalue weighted by molar-refractivity contribution is 1.50. The van der Waals surface area contributed by atoms with E-state index in [2.05, 4.69) is 68.2 Å². The van der Waals surface area contributed by atoms with Gasteiger partial charge in [-0.1, -0.05) is 60.7 Å². The molecule has 0 saturated heterocycles. The Morgan fingerprint density at radius 2 is 1.11 bits per heavy atom. The lowest BCUT2D eigenvalue weighted by atomic mass is 10.0. The summed E-state index contributed by atoms with van der Waals surface area (Å²) in [5, 5.41) is 0. The van der Waals surface area contributed by atoms with Gasteiger partial charge in [0, 0.05) is 0 Å². The third-order valence-electron chi connectivity index (χ3n) is 2.54. The van der Waals surface area contributed by atoms with Crippen molar-refractivity contribution in [3.63, 3.8) is 0 Å². The number of hydrogen-bond acceptors (Lipinski definition) is 1. The first-order valence-corrected chi connectivity index (χ1v) is 9.72. The number of benzene rings is 2. The normalized spacial score (nSPS) is 11.1. The summed E-state index contributed by atoms with van der Waals surface area (Å²) in [6, 6.07) is 20.9. The number of nitrogens with zero attached hydrogens (tertiary/aromatic N) is 1. The van der Waals surface area contributed by atoms with Gasteiger partial charge in [-0.15, -0.1) is 0 Å². The molecule has 0 N–H and O–H groups in total. The highest BCUT2D eigenvalue weighted by Crippen LogP contribution is 2.14. The maximum Gasteiger partial charge on any atom is 0.173 e. The van der Waals surface area contributed by atoms with Gasteiger partial charge in [0.1, 0.15) is 0 Å². The minimum atomic E-state index is -1.50. The van der Waals surface area contributed by atoms with Gasteiger partial charge >= 0.3 is 0 Å². The van der Waals surface area contributed by atoms with Gasteiger partial charge in [0.25, 0.3) is 0 Å². The number of hydrogen-bond donors (Lipinski definition) is 0. The predicted octanol–water partition coefficient (Wildman–Crippen LogP) is 4.36. The minimum absolute atomic E-state index is 1.12. The molecular formula is C16H19NSi. The van der Waals surface area contributed by atoms with E-state index in [1.807, 2.05) is 12.1 Å². The van der Waals surface area contributed by atoms with Crippen LogP contribution in [0.5, 0.6) is 0 Å². The standard InChI is InChI=1S/C16H19NSi/c1-18(2,3)17-16(14-10-6-4-7-11-14)15-12-8-5-9-13-15/h4-13H,1-3H3. The van der Waals surface area contributed by atoms with Crippen molar-refractivity contribution >= 4 is 13.9 Å². The highest BCUT2D eigenvalue weighted by Gasteiger charge is 2.15. The predicted molar refractivity (Wildman–Crippen MR) is 81.9 cm³/mol. The Kier molecular flexibility index (Phi) is 3.77. The van der Waals surface area contributed by atoms with Crippen LogP contribution in [0, 0.1) is 0 Å². The second-order valence-electron chi connectivity index (χ2n) is 5.36. The molecule has 0 aliphatic carbocycles. The molecular weight excluding hydrogens is 234 g/mol. The molecule has 0 fully saturated rings. The highest BCUT2D eigenvalue weighted by atomic mass is 28.3. The molecule has 18 heavy (non-hydrogen) atoms.